The van der Waals surface area contributed by atoms with Crippen molar-refractivity contribution in [1.29, 1.82) is 0 Å². The molecule has 44 valence electrons. The summed E-state index contributed by atoms with van der Waals surface area (Å²) >= 11 is 6.39. The third-order valence-corrected chi connectivity index (χ3v) is 1.84. The van der Waals surface area contributed by atoms with Crippen LogP contribution in [-0.2, 0) is 19.5 Å². The Labute approximate surface area is 86.7 Å². The molecule has 0 aliphatic heterocycles. The van der Waals surface area contributed by atoms with Crippen molar-refractivity contribution >= 4 is 35.2 Å². The van der Waals surface area contributed by atoms with E-state index in [-0.39, 0.29) is 19.5 Å². The zero-order chi connectivity index (χ0) is 5.98. The topological polar surface area (TPSA) is 0 Å². The molecule has 0 amide bonds. The largest absolute Gasteiger partial charge is 0.143 e. The van der Waals surface area contributed by atoms with Crippen molar-refractivity contribution in [2.24, 2.45) is 0 Å². The van der Waals surface area contributed by atoms with Crippen molar-refractivity contribution in [2.75, 3.05) is 0 Å². The van der Waals surface area contributed by atoms with E-state index in [1.807, 2.05) is 24.3 Å². The Morgan fingerprint density at radius 2 is 1.56 bits per heavy atom. The molecule has 1 aromatic rings. The van der Waals surface area contributed by atoms with Gasteiger partial charge in [0.25, 0.3) is 0 Å². The second kappa shape index (κ2) is 4.70. The van der Waals surface area contributed by atoms with Gasteiger partial charge in [0.2, 0.25) is 0 Å². The van der Waals surface area contributed by atoms with Crippen molar-refractivity contribution < 1.29 is 19.5 Å². The maximum absolute atomic E-state index is 4.13. The van der Waals surface area contributed by atoms with Crippen LogP contribution in [0.2, 0.25) is 0 Å². The third kappa shape index (κ3) is 3.58. The molecule has 0 heterocycles. The molecule has 0 radical (unpaired) electrons. The summed E-state index contributed by atoms with van der Waals surface area (Å²) in [6, 6.07) is 8.02. The van der Waals surface area contributed by atoms with Gasteiger partial charge in [-0.15, -0.1) is 12.6 Å². The van der Waals surface area contributed by atoms with Crippen LogP contribution < -0.4 is 0 Å². The van der Waals surface area contributed by atoms with Crippen molar-refractivity contribution in [1.82, 2.24) is 0 Å². The molecule has 0 unspecified atom stereocenters. The molecule has 1 aromatic carbocycles. The van der Waals surface area contributed by atoms with Gasteiger partial charge in [-0.2, -0.15) is 0 Å². The van der Waals surface area contributed by atoms with Gasteiger partial charge in [-0.05, 0) is 46.9 Å². The van der Waals surface area contributed by atoms with Crippen LogP contribution in [0.4, 0.5) is 0 Å². The Morgan fingerprint density at radius 1 is 1.11 bits per heavy atom. The number of rotatable bonds is 0. The fourth-order valence-corrected chi connectivity index (χ4v) is 0.950. The van der Waals surface area contributed by atoms with Crippen molar-refractivity contribution in [2.45, 2.75) is 4.90 Å². The Bertz CT molecular complexity index is 152. The number of hydrogen-bond donors (Lipinski definition) is 1. The van der Waals surface area contributed by atoms with Gasteiger partial charge in [-0.25, -0.2) is 0 Å². The normalized spacial score (nSPS) is 8.22. The average molecular weight is 301 g/mol. The van der Waals surface area contributed by atoms with Crippen LogP contribution in [0.5, 0.6) is 0 Å². The average Bonchev–Trinajstić information content (AvgIpc) is 1.77. The molecule has 0 saturated heterocycles. The summed E-state index contributed by atoms with van der Waals surface area (Å²) in [6.45, 7) is 0. The fourth-order valence-electron chi connectivity index (χ4n) is 0.441. The number of thiol groups is 1. The summed E-state index contributed by atoms with van der Waals surface area (Å²) in [4.78, 5) is 1.02. The Kier molecular flexibility index (Phi) is 5.18. The molecule has 0 nitrogen and oxygen atoms in total. The summed E-state index contributed by atoms with van der Waals surface area (Å²) < 4.78 is 1.25. The molecule has 9 heavy (non-hydrogen) atoms. The van der Waals surface area contributed by atoms with Gasteiger partial charge >= 0.3 is 0 Å². The van der Waals surface area contributed by atoms with Gasteiger partial charge in [0.05, 0.1) is 0 Å². The molecule has 0 atom stereocenters. The van der Waals surface area contributed by atoms with Gasteiger partial charge in [0.1, 0.15) is 0 Å². The van der Waals surface area contributed by atoms with Crippen LogP contribution >= 0.6 is 35.2 Å². The van der Waals surface area contributed by atoms with E-state index in [2.05, 4.69) is 35.2 Å². The predicted octanol–water partition coefficient (Wildman–Crippen LogP) is 2.58. The van der Waals surface area contributed by atoms with E-state index in [0.29, 0.717) is 0 Å². The first-order chi connectivity index (χ1) is 3.79. The molecule has 3 heteroatoms. The molecule has 0 aromatic heterocycles. The number of benzene rings is 1. The quantitative estimate of drug-likeness (QED) is 0.425. The van der Waals surface area contributed by atoms with Gasteiger partial charge in [0, 0.05) is 27.9 Å². The summed E-state index contributed by atoms with van der Waals surface area (Å²) in [6.07, 6.45) is 0. The minimum Gasteiger partial charge on any atom is -0.143 e. The zero-order valence-electron chi connectivity index (χ0n) is 4.84. The Balaban J connectivity index is 0.000000640. The van der Waals surface area contributed by atoms with Crippen molar-refractivity contribution in [3.8, 4) is 0 Å². The molecule has 0 N–H and O–H groups in total. The van der Waals surface area contributed by atoms with E-state index < -0.39 is 0 Å². The summed E-state index contributed by atoms with van der Waals surface area (Å²) in [5.74, 6) is 0. The Morgan fingerprint density at radius 3 is 1.89 bits per heavy atom. The molecule has 0 aliphatic carbocycles. The van der Waals surface area contributed by atoms with E-state index in [1.54, 1.807) is 0 Å². The van der Waals surface area contributed by atoms with E-state index in [9.17, 15) is 0 Å². The molecule has 1 rings (SSSR count). The van der Waals surface area contributed by atoms with Crippen LogP contribution in [0.25, 0.3) is 0 Å². The fraction of sp³-hybridized carbons (Fsp3) is 0. The monoisotopic (exact) mass is 300 g/mol. The van der Waals surface area contributed by atoms with Gasteiger partial charge < -0.3 is 0 Å². The third-order valence-electron chi connectivity index (χ3n) is 0.827. The summed E-state index contributed by atoms with van der Waals surface area (Å²) in [7, 11) is 0. The molecular weight excluding hydrogens is 296 g/mol. The van der Waals surface area contributed by atoms with Gasteiger partial charge in [-0.3, -0.25) is 0 Å². The van der Waals surface area contributed by atoms with Crippen molar-refractivity contribution in [3.05, 3.63) is 27.8 Å². The minimum absolute atomic E-state index is 0. The molecule has 0 bridgehead atoms. The number of hydrogen-bond acceptors (Lipinski definition) is 1. The SMILES string of the molecule is Sc1ccc(I)cc1.[Zn]. The molecular formula is C6H5ISZn. The zero-order valence-corrected chi connectivity index (χ0v) is 10.9. The maximum atomic E-state index is 4.13. The van der Waals surface area contributed by atoms with E-state index in [1.165, 1.54) is 3.57 Å². The van der Waals surface area contributed by atoms with Crippen LogP contribution in [0, 0.1) is 3.57 Å². The van der Waals surface area contributed by atoms with Crippen LogP contribution in [0.3, 0.4) is 0 Å². The molecule has 0 fully saturated rings. The van der Waals surface area contributed by atoms with E-state index in [0.717, 1.165) is 4.90 Å². The van der Waals surface area contributed by atoms with Gasteiger partial charge in [0.15, 0.2) is 0 Å². The van der Waals surface area contributed by atoms with E-state index in [4.69, 9.17) is 0 Å². The van der Waals surface area contributed by atoms with E-state index >= 15 is 0 Å². The standard InChI is InChI=1S/C6H5IS.Zn/c7-5-1-3-6(8)4-2-5;/h1-4,8H;. The van der Waals surface area contributed by atoms with Crippen LogP contribution in [-0.4, -0.2) is 0 Å². The molecule has 0 aliphatic rings. The minimum atomic E-state index is 0. The first-order valence-corrected chi connectivity index (χ1v) is 3.76. The second-order valence-corrected chi connectivity index (χ2v) is 3.24. The van der Waals surface area contributed by atoms with Gasteiger partial charge in [-0.1, -0.05) is 0 Å². The Hall–Kier alpha value is 0.923. The molecule has 0 saturated carbocycles. The second-order valence-electron chi connectivity index (χ2n) is 1.48. The predicted molar refractivity (Wildman–Crippen MR) is 46.4 cm³/mol. The van der Waals surface area contributed by atoms with Crippen LogP contribution in [0.15, 0.2) is 29.2 Å². The first-order valence-electron chi connectivity index (χ1n) is 2.23. The maximum Gasteiger partial charge on any atom is 0.0131 e. The molecule has 0 spiro atoms. The first kappa shape index (κ1) is 9.92. The summed E-state index contributed by atoms with van der Waals surface area (Å²) in [5.41, 5.74) is 0. The smallest absolute Gasteiger partial charge is 0.0131 e. The number of halogens is 1. The van der Waals surface area contributed by atoms with Crippen molar-refractivity contribution in [3.63, 3.8) is 0 Å². The van der Waals surface area contributed by atoms with Crippen LogP contribution in [0.1, 0.15) is 0 Å². The summed E-state index contributed by atoms with van der Waals surface area (Å²) in [5, 5.41) is 0.